The average molecular weight is 286 g/mol. The summed E-state index contributed by atoms with van der Waals surface area (Å²) in [5.74, 6) is 0. The molecule has 4 unspecified atom stereocenters. The van der Waals surface area contributed by atoms with Gasteiger partial charge in [-0.25, -0.2) is 4.79 Å². The van der Waals surface area contributed by atoms with Gasteiger partial charge in [-0.15, -0.1) is 0 Å². The van der Waals surface area contributed by atoms with Crippen LogP contribution in [0.15, 0.2) is 12.2 Å². The van der Waals surface area contributed by atoms with Crippen molar-refractivity contribution in [2.45, 2.75) is 63.6 Å². The number of ether oxygens (including phenoxy) is 4. The summed E-state index contributed by atoms with van der Waals surface area (Å²) in [5.41, 5.74) is -0.600. The number of aliphatic hydroxyl groups is 1. The van der Waals surface area contributed by atoms with Crippen molar-refractivity contribution in [1.82, 2.24) is 0 Å². The van der Waals surface area contributed by atoms with E-state index in [-0.39, 0.29) is 19.0 Å². The molecular formula is C14H22O6. The molecule has 1 N–H and O–H groups in total. The molecule has 6 heteroatoms. The van der Waals surface area contributed by atoms with Crippen molar-refractivity contribution in [2.24, 2.45) is 0 Å². The van der Waals surface area contributed by atoms with Crippen LogP contribution in [0.3, 0.4) is 0 Å². The maximum absolute atomic E-state index is 11.7. The van der Waals surface area contributed by atoms with Gasteiger partial charge in [0, 0.05) is 12.8 Å². The van der Waals surface area contributed by atoms with E-state index in [1.165, 1.54) is 0 Å². The minimum absolute atomic E-state index is 0.167. The van der Waals surface area contributed by atoms with E-state index in [2.05, 4.69) is 0 Å². The predicted octanol–water partition coefficient (Wildman–Crippen LogP) is 1.76. The summed E-state index contributed by atoms with van der Waals surface area (Å²) >= 11 is 0. The quantitative estimate of drug-likeness (QED) is 0.585. The highest BCUT2D eigenvalue weighted by Gasteiger charge is 2.35. The lowest BCUT2D eigenvalue weighted by atomic mass is 9.97. The monoisotopic (exact) mass is 286 g/mol. The van der Waals surface area contributed by atoms with Crippen molar-refractivity contribution in [3.05, 3.63) is 12.2 Å². The van der Waals surface area contributed by atoms with E-state index >= 15 is 0 Å². The van der Waals surface area contributed by atoms with Crippen molar-refractivity contribution in [1.29, 1.82) is 0 Å². The van der Waals surface area contributed by atoms with Crippen molar-refractivity contribution in [3.63, 3.8) is 0 Å². The van der Waals surface area contributed by atoms with Crippen LogP contribution in [0.2, 0.25) is 0 Å². The van der Waals surface area contributed by atoms with Gasteiger partial charge in [-0.05, 0) is 26.8 Å². The van der Waals surface area contributed by atoms with E-state index in [4.69, 9.17) is 18.9 Å². The van der Waals surface area contributed by atoms with Crippen LogP contribution >= 0.6 is 0 Å². The Bertz CT molecular complexity index is 372. The lowest BCUT2D eigenvalue weighted by Crippen LogP contribution is -2.34. The molecule has 20 heavy (non-hydrogen) atoms. The van der Waals surface area contributed by atoms with E-state index in [0.717, 1.165) is 0 Å². The predicted molar refractivity (Wildman–Crippen MR) is 70.1 cm³/mol. The topological polar surface area (TPSA) is 74.2 Å². The number of carbonyl (C=O) groups is 1. The largest absolute Gasteiger partial charge is 0.509 e. The molecule has 0 radical (unpaired) electrons. The summed E-state index contributed by atoms with van der Waals surface area (Å²) in [5, 5.41) is 9.81. The number of fused-ring (bicyclic) bond motifs is 1. The second kappa shape index (κ2) is 6.11. The normalized spacial score (nSPS) is 35.6. The number of hydrogen-bond acceptors (Lipinski definition) is 6. The molecule has 0 aromatic carbocycles. The molecule has 0 bridgehead atoms. The molecule has 0 spiro atoms. The molecule has 0 aromatic heterocycles. The highest BCUT2D eigenvalue weighted by molar-refractivity contribution is 5.61. The van der Waals surface area contributed by atoms with E-state index < -0.39 is 24.0 Å². The molecule has 4 atom stereocenters. The molecule has 2 rings (SSSR count). The Morgan fingerprint density at radius 2 is 1.85 bits per heavy atom. The number of carbonyl (C=O) groups excluding carboxylic acids is 1. The first-order valence-corrected chi connectivity index (χ1v) is 6.83. The van der Waals surface area contributed by atoms with Crippen molar-refractivity contribution >= 4 is 6.16 Å². The first kappa shape index (κ1) is 15.3. The van der Waals surface area contributed by atoms with Crippen LogP contribution in [0.1, 0.15) is 33.6 Å². The van der Waals surface area contributed by atoms with E-state index in [0.29, 0.717) is 12.8 Å². The third kappa shape index (κ3) is 4.47. The van der Waals surface area contributed by atoms with Gasteiger partial charge in [0.05, 0.1) is 18.3 Å². The molecule has 0 amide bonds. The molecule has 114 valence electrons. The zero-order valence-electron chi connectivity index (χ0n) is 12.1. The molecular weight excluding hydrogens is 264 g/mol. The molecule has 1 saturated heterocycles. The highest BCUT2D eigenvalue weighted by Crippen LogP contribution is 2.26. The average Bonchev–Trinajstić information content (AvgIpc) is 2.68. The fraction of sp³-hybridized carbons (Fsp3) is 0.786. The third-order valence-electron chi connectivity index (χ3n) is 3.10. The van der Waals surface area contributed by atoms with Crippen LogP contribution in [-0.4, -0.2) is 48.1 Å². The van der Waals surface area contributed by atoms with E-state index in [1.807, 2.05) is 0 Å². The van der Waals surface area contributed by atoms with Gasteiger partial charge in [0.15, 0.2) is 0 Å². The Kier molecular flexibility index (Phi) is 4.67. The maximum Gasteiger partial charge on any atom is 0.509 e. The standard InChI is InChI=1S/C14H22O6/c1-14(2,3)20-13(16)19-10-5-4-9(15)6-11-12(7-10)18-8-17-11/h4-5,9-12,15H,6-8H2,1-3H3/b5-4+. The fourth-order valence-electron chi connectivity index (χ4n) is 2.23. The van der Waals surface area contributed by atoms with E-state index in [1.54, 1.807) is 32.9 Å². The first-order chi connectivity index (χ1) is 9.33. The summed E-state index contributed by atoms with van der Waals surface area (Å²) in [7, 11) is 0. The summed E-state index contributed by atoms with van der Waals surface area (Å²) in [4.78, 5) is 11.7. The molecule has 6 nitrogen and oxygen atoms in total. The fourth-order valence-corrected chi connectivity index (χ4v) is 2.23. The molecule has 0 saturated carbocycles. The second-order valence-electron chi connectivity index (χ2n) is 6.07. The first-order valence-electron chi connectivity index (χ1n) is 6.83. The number of rotatable bonds is 1. The summed E-state index contributed by atoms with van der Waals surface area (Å²) in [6.45, 7) is 5.53. The summed E-state index contributed by atoms with van der Waals surface area (Å²) in [6, 6.07) is 0. The maximum atomic E-state index is 11.7. The van der Waals surface area contributed by atoms with Gasteiger partial charge in [-0.2, -0.15) is 0 Å². The van der Waals surface area contributed by atoms with Gasteiger partial charge < -0.3 is 24.1 Å². The zero-order valence-corrected chi connectivity index (χ0v) is 12.1. The van der Waals surface area contributed by atoms with Crippen molar-refractivity contribution < 1.29 is 28.8 Å². The zero-order chi connectivity index (χ0) is 14.8. The molecule has 1 aliphatic carbocycles. The Hall–Kier alpha value is -1.11. The second-order valence-corrected chi connectivity index (χ2v) is 6.07. The van der Waals surface area contributed by atoms with Crippen LogP contribution in [0.5, 0.6) is 0 Å². The van der Waals surface area contributed by atoms with Crippen LogP contribution in [0.4, 0.5) is 4.79 Å². The van der Waals surface area contributed by atoms with Crippen LogP contribution in [0, 0.1) is 0 Å². The lowest BCUT2D eigenvalue weighted by Gasteiger charge is -2.26. The van der Waals surface area contributed by atoms with Gasteiger partial charge in [0.1, 0.15) is 18.5 Å². The number of aliphatic hydroxyl groups excluding tert-OH is 1. The van der Waals surface area contributed by atoms with Crippen LogP contribution < -0.4 is 0 Å². The van der Waals surface area contributed by atoms with Crippen molar-refractivity contribution in [3.8, 4) is 0 Å². The molecule has 2 aliphatic rings. The van der Waals surface area contributed by atoms with Crippen molar-refractivity contribution in [2.75, 3.05) is 6.79 Å². The molecule has 1 heterocycles. The number of hydrogen-bond donors (Lipinski definition) is 1. The van der Waals surface area contributed by atoms with Gasteiger partial charge in [-0.3, -0.25) is 0 Å². The highest BCUT2D eigenvalue weighted by atomic mass is 16.7. The minimum Gasteiger partial charge on any atom is -0.429 e. The van der Waals surface area contributed by atoms with Crippen LogP contribution in [0.25, 0.3) is 0 Å². The Balaban J connectivity index is 1.97. The Labute approximate surface area is 118 Å². The summed E-state index contributed by atoms with van der Waals surface area (Å²) in [6.07, 6.45) is 2.08. The molecule has 1 fully saturated rings. The van der Waals surface area contributed by atoms with Gasteiger partial charge in [0.2, 0.25) is 0 Å². The van der Waals surface area contributed by atoms with Gasteiger partial charge >= 0.3 is 6.16 Å². The van der Waals surface area contributed by atoms with E-state index in [9.17, 15) is 9.90 Å². The molecule has 1 aliphatic heterocycles. The smallest absolute Gasteiger partial charge is 0.429 e. The van der Waals surface area contributed by atoms with Gasteiger partial charge in [-0.1, -0.05) is 6.08 Å². The SMILES string of the molecule is CC(C)(C)OC(=O)OC1/C=C/C(O)CC2OCOC2C1. The summed E-state index contributed by atoms with van der Waals surface area (Å²) < 4.78 is 21.2. The Morgan fingerprint density at radius 3 is 2.50 bits per heavy atom. The lowest BCUT2D eigenvalue weighted by molar-refractivity contribution is -0.0302. The Morgan fingerprint density at radius 1 is 1.20 bits per heavy atom. The minimum atomic E-state index is -0.724. The van der Waals surface area contributed by atoms with Crippen LogP contribution in [-0.2, 0) is 18.9 Å². The molecule has 0 aromatic rings. The third-order valence-corrected chi connectivity index (χ3v) is 3.10. The van der Waals surface area contributed by atoms with Gasteiger partial charge in [0.25, 0.3) is 0 Å².